The van der Waals surface area contributed by atoms with Crippen LogP contribution in [-0.4, -0.2) is 16.5 Å². The summed E-state index contributed by atoms with van der Waals surface area (Å²) in [5.74, 6) is 0.441. The van der Waals surface area contributed by atoms with Crippen LogP contribution >= 0.6 is 0 Å². The minimum absolute atomic E-state index is 0.00436. The van der Waals surface area contributed by atoms with Crippen LogP contribution in [-0.2, 0) is 6.18 Å². The van der Waals surface area contributed by atoms with Gasteiger partial charge in [0.1, 0.15) is 5.84 Å². The first-order valence-corrected chi connectivity index (χ1v) is 7.58. The van der Waals surface area contributed by atoms with Crippen LogP contribution in [0.4, 0.5) is 19.0 Å². The van der Waals surface area contributed by atoms with Gasteiger partial charge < -0.3 is 5.32 Å². The van der Waals surface area contributed by atoms with Crippen molar-refractivity contribution in [2.24, 2.45) is 9.98 Å². The van der Waals surface area contributed by atoms with Crippen LogP contribution in [0.25, 0.3) is 0 Å². The zero-order valence-corrected chi connectivity index (χ0v) is 13.8. The van der Waals surface area contributed by atoms with E-state index in [0.29, 0.717) is 12.3 Å². The number of hydrogen-bond donors (Lipinski definition) is 1. The summed E-state index contributed by atoms with van der Waals surface area (Å²) in [6.07, 6.45) is 1.86. The van der Waals surface area contributed by atoms with E-state index < -0.39 is 11.7 Å². The summed E-state index contributed by atoms with van der Waals surface area (Å²) in [6, 6.07) is 1.85. The van der Waals surface area contributed by atoms with E-state index in [4.69, 9.17) is 0 Å². The summed E-state index contributed by atoms with van der Waals surface area (Å²) in [4.78, 5) is 12.5. The van der Waals surface area contributed by atoms with Crippen LogP contribution in [0, 0.1) is 0 Å². The molecule has 1 aromatic rings. The number of nitrogens with zero attached hydrogens (tertiary/aromatic N) is 3. The van der Waals surface area contributed by atoms with Gasteiger partial charge in [0.25, 0.3) is 0 Å². The standard InChI is InChI=1S/C17H19F3N4/c1-4-15(23-12(3)13-6-5-11(2)22-10-13)24-16-9-14(7-8-21-16)17(18,19)20/h5,7-10,22H,4,6H2,1-3H3. The normalized spacial score (nSPS) is 16.4. The monoisotopic (exact) mass is 336 g/mol. The lowest BCUT2D eigenvalue weighted by Gasteiger charge is -2.13. The van der Waals surface area contributed by atoms with E-state index in [1.165, 1.54) is 0 Å². The molecule has 2 heterocycles. The maximum Gasteiger partial charge on any atom is 0.416 e. The van der Waals surface area contributed by atoms with Crippen molar-refractivity contribution in [3.63, 3.8) is 0 Å². The smallest absolute Gasteiger partial charge is 0.365 e. The third kappa shape index (κ3) is 4.78. The fourth-order valence-corrected chi connectivity index (χ4v) is 2.07. The van der Waals surface area contributed by atoms with Gasteiger partial charge in [-0.25, -0.2) is 15.0 Å². The summed E-state index contributed by atoms with van der Waals surface area (Å²) in [5, 5.41) is 3.12. The quantitative estimate of drug-likeness (QED) is 0.638. The first-order chi connectivity index (χ1) is 11.3. The Bertz CT molecular complexity index is 728. The number of aromatic nitrogens is 1. The minimum atomic E-state index is -4.42. The summed E-state index contributed by atoms with van der Waals surface area (Å²) in [5.41, 5.74) is 2.09. The van der Waals surface area contributed by atoms with Crippen LogP contribution in [0.2, 0.25) is 0 Å². The topological polar surface area (TPSA) is 49.6 Å². The number of alkyl halides is 3. The lowest BCUT2D eigenvalue weighted by molar-refractivity contribution is -0.137. The highest BCUT2D eigenvalue weighted by atomic mass is 19.4. The van der Waals surface area contributed by atoms with Crippen LogP contribution in [0.15, 0.2) is 51.9 Å². The molecule has 0 saturated heterocycles. The molecule has 1 aliphatic heterocycles. The van der Waals surface area contributed by atoms with E-state index in [1.807, 2.05) is 33.0 Å². The highest BCUT2D eigenvalue weighted by Gasteiger charge is 2.30. The Labute approximate surface area is 138 Å². The number of halogens is 3. The molecule has 0 saturated carbocycles. The van der Waals surface area contributed by atoms with E-state index in [9.17, 15) is 13.2 Å². The third-order valence-electron chi connectivity index (χ3n) is 3.50. The Morgan fingerprint density at radius 2 is 2.12 bits per heavy atom. The molecule has 7 heteroatoms. The molecule has 4 nitrogen and oxygen atoms in total. The van der Waals surface area contributed by atoms with Crippen molar-refractivity contribution < 1.29 is 13.2 Å². The summed E-state index contributed by atoms with van der Waals surface area (Å²) in [7, 11) is 0. The summed E-state index contributed by atoms with van der Waals surface area (Å²) >= 11 is 0. The van der Waals surface area contributed by atoms with E-state index in [1.54, 1.807) is 0 Å². The Kier molecular flexibility index (Phi) is 5.54. The molecule has 0 bridgehead atoms. The average Bonchev–Trinajstić information content (AvgIpc) is 2.54. The van der Waals surface area contributed by atoms with Gasteiger partial charge >= 0.3 is 6.18 Å². The fourth-order valence-electron chi connectivity index (χ4n) is 2.07. The second kappa shape index (κ2) is 7.42. The van der Waals surface area contributed by atoms with Gasteiger partial charge in [0.2, 0.25) is 0 Å². The molecule has 128 valence electrons. The zero-order valence-electron chi connectivity index (χ0n) is 13.8. The summed E-state index contributed by atoms with van der Waals surface area (Å²) < 4.78 is 38.2. The highest BCUT2D eigenvalue weighted by molar-refractivity contribution is 6.06. The van der Waals surface area contributed by atoms with Crippen molar-refractivity contribution in [2.75, 3.05) is 0 Å². The minimum Gasteiger partial charge on any atom is -0.365 e. The molecule has 24 heavy (non-hydrogen) atoms. The molecule has 0 radical (unpaired) electrons. The molecule has 1 N–H and O–H groups in total. The molecule has 2 rings (SSSR count). The average molecular weight is 336 g/mol. The molecule has 0 aromatic carbocycles. The molecular weight excluding hydrogens is 317 g/mol. The molecule has 1 aromatic heterocycles. The number of hydrogen-bond acceptors (Lipinski definition) is 3. The molecule has 1 aliphatic rings. The molecule has 0 atom stereocenters. The Balaban J connectivity index is 2.25. The molecule has 0 aliphatic carbocycles. The molecule has 0 fully saturated rings. The second-order valence-corrected chi connectivity index (χ2v) is 5.38. The molecule has 0 unspecified atom stereocenters. The second-order valence-electron chi connectivity index (χ2n) is 5.38. The van der Waals surface area contributed by atoms with Crippen molar-refractivity contribution in [3.05, 3.63) is 47.4 Å². The predicted molar refractivity (Wildman–Crippen MR) is 89.3 cm³/mol. The first-order valence-electron chi connectivity index (χ1n) is 7.58. The van der Waals surface area contributed by atoms with Gasteiger partial charge in [-0.15, -0.1) is 0 Å². The molecule has 0 amide bonds. The number of allylic oxidation sites excluding steroid dienone is 3. The number of dihydropyridines is 1. The van der Waals surface area contributed by atoms with Gasteiger partial charge in [0.05, 0.1) is 5.56 Å². The van der Waals surface area contributed by atoms with Gasteiger partial charge in [0, 0.05) is 30.2 Å². The van der Waals surface area contributed by atoms with Gasteiger partial charge in [-0.1, -0.05) is 13.0 Å². The lowest BCUT2D eigenvalue weighted by Crippen LogP contribution is -2.12. The van der Waals surface area contributed by atoms with E-state index in [-0.39, 0.29) is 5.82 Å². The van der Waals surface area contributed by atoms with Crippen LogP contribution in [0.1, 0.15) is 39.2 Å². The Hall–Kier alpha value is -2.44. The van der Waals surface area contributed by atoms with Gasteiger partial charge in [-0.3, -0.25) is 0 Å². The third-order valence-corrected chi connectivity index (χ3v) is 3.50. The number of rotatable bonds is 3. The van der Waals surface area contributed by atoms with Gasteiger partial charge in [-0.05, 0) is 38.0 Å². The van der Waals surface area contributed by atoms with Gasteiger partial charge in [-0.2, -0.15) is 13.2 Å². The highest BCUT2D eigenvalue weighted by Crippen LogP contribution is 2.30. The van der Waals surface area contributed by atoms with Crippen molar-refractivity contribution in [1.82, 2.24) is 10.3 Å². The van der Waals surface area contributed by atoms with Crippen molar-refractivity contribution >= 4 is 17.4 Å². The van der Waals surface area contributed by atoms with Crippen LogP contribution in [0.5, 0.6) is 0 Å². The van der Waals surface area contributed by atoms with Crippen LogP contribution in [0.3, 0.4) is 0 Å². The number of aliphatic imine (C=N–C) groups is 2. The lowest BCUT2D eigenvalue weighted by atomic mass is 10.1. The van der Waals surface area contributed by atoms with E-state index in [0.717, 1.165) is 41.7 Å². The predicted octanol–water partition coefficient (Wildman–Crippen LogP) is 4.78. The number of pyridine rings is 1. The Morgan fingerprint density at radius 3 is 2.71 bits per heavy atom. The van der Waals surface area contributed by atoms with Crippen molar-refractivity contribution in [2.45, 2.75) is 39.8 Å². The zero-order chi connectivity index (χ0) is 17.7. The van der Waals surface area contributed by atoms with Gasteiger partial charge in [0.15, 0.2) is 5.82 Å². The summed E-state index contributed by atoms with van der Waals surface area (Å²) in [6.45, 7) is 5.67. The van der Waals surface area contributed by atoms with Crippen LogP contribution < -0.4 is 5.32 Å². The van der Waals surface area contributed by atoms with E-state index >= 15 is 0 Å². The molecular formula is C17H19F3N4. The Morgan fingerprint density at radius 1 is 1.38 bits per heavy atom. The number of nitrogens with one attached hydrogen (secondary N) is 1. The fraction of sp³-hybridized carbons (Fsp3) is 0.353. The van der Waals surface area contributed by atoms with Crippen molar-refractivity contribution in [3.8, 4) is 0 Å². The SMILES string of the molecule is CCC(=Nc1cc(C(F)(F)F)ccn1)N=C(C)C1=CNC(C)=CC1. The van der Waals surface area contributed by atoms with Crippen molar-refractivity contribution in [1.29, 1.82) is 0 Å². The largest absolute Gasteiger partial charge is 0.416 e. The molecule has 0 spiro atoms. The van der Waals surface area contributed by atoms with E-state index in [2.05, 4.69) is 20.3 Å². The maximum absolute atomic E-state index is 12.7. The maximum atomic E-state index is 12.7. The number of amidine groups is 1. The first kappa shape index (κ1) is 17.9.